The summed E-state index contributed by atoms with van der Waals surface area (Å²) in [4.78, 5) is 38.1. The number of nitrogens with one attached hydrogen (secondary N) is 2. The Morgan fingerprint density at radius 2 is 1.79 bits per heavy atom. The minimum atomic E-state index is -0.247. The van der Waals surface area contributed by atoms with Crippen LogP contribution in [0.15, 0.2) is 53.3 Å². The lowest BCUT2D eigenvalue weighted by atomic mass is 10.0. The molecule has 7 heteroatoms. The van der Waals surface area contributed by atoms with Crippen LogP contribution in [-0.4, -0.2) is 48.3 Å². The standard InChI is InChI=1S/C22H27N3O4/c26-20(7-6-17-4-2-1-3-5-17)24-19-9-13-25(14-10-19)21(27)8-12-23-22(28)18-11-15-29-16-18/h1-5,11,15-16,19H,6-10,12-14H2,(H,23,28)(H,24,26). The van der Waals surface area contributed by atoms with Gasteiger partial charge in [-0.25, -0.2) is 0 Å². The molecule has 1 aromatic heterocycles. The van der Waals surface area contributed by atoms with Gasteiger partial charge in [0.05, 0.1) is 11.8 Å². The van der Waals surface area contributed by atoms with Crippen molar-refractivity contribution >= 4 is 17.7 Å². The predicted octanol–water partition coefficient (Wildman–Crippen LogP) is 2.14. The Hall–Kier alpha value is -3.09. The van der Waals surface area contributed by atoms with Crippen LogP contribution in [0, 0.1) is 0 Å². The van der Waals surface area contributed by atoms with Crippen molar-refractivity contribution in [2.45, 2.75) is 38.1 Å². The van der Waals surface area contributed by atoms with Crippen molar-refractivity contribution in [1.29, 1.82) is 0 Å². The summed E-state index contributed by atoms with van der Waals surface area (Å²) in [6.07, 6.45) is 5.78. The molecular weight excluding hydrogens is 370 g/mol. The number of carbonyl (C=O) groups is 3. The quantitative estimate of drug-likeness (QED) is 0.714. The zero-order valence-electron chi connectivity index (χ0n) is 16.4. The van der Waals surface area contributed by atoms with Gasteiger partial charge in [-0.05, 0) is 30.9 Å². The number of benzene rings is 1. The van der Waals surface area contributed by atoms with E-state index < -0.39 is 0 Å². The van der Waals surface area contributed by atoms with Crippen LogP contribution in [0.1, 0.15) is 41.6 Å². The second-order valence-electron chi connectivity index (χ2n) is 7.23. The van der Waals surface area contributed by atoms with Crippen molar-refractivity contribution in [3.05, 3.63) is 60.1 Å². The SMILES string of the molecule is O=C(CCc1ccccc1)NC1CCN(C(=O)CCNC(=O)c2ccoc2)CC1. The van der Waals surface area contributed by atoms with E-state index in [1.807, 2.05) is 30.3 Å². The molecule has 0 bridgehead atoms. The third-order valence-electron chi connectivity index (χ3n) is 5.10. The summed E-state index contributed by atoms with van der Waals surface area (Å²) in [5, 5.41) is 5.79. The lowest BCUT2D eigenvalue weighted by Crippen LogP contribution is -2.47. The zero-order chi connectivity index (χ0) is 20.5. The molecule has 1 fully saturated rings. The highest BCUT2D eigenvalue weighted by Crippen LogP contribution is 2.12. The maximum atomic E-state index is 12.3. The van der Waals surface area contributed by atoms with Crippen LogP contribution >= 0.6 is 0 Å². The van der Waals surface area contributed by atoms with Crippen LogP contribution < -0.4 is 10.6 Å². The molecule has 3 rings (SSSR count). The lowest BCUT2D eigenvalue weighted by molar-refractivity contribution is -0.132. The summed E-state index contributed by atoms with van der Waals surface area (Å²) in [7, 11) is 0. The van der Waals surface area contributed by atoms with Crippen LogP contribution in [0.5, 0.6) is 0 Å². The summed E-state index contributed by atoms with van der Waals surface area (Å²) in [5.74, 6) is -0.171. The number of aryl methyl sites for hydroxylation is 1. The van der Waals surface area contributed by atoms with Gasteiger partial charge in [0, 0.05) is 38.5 Å². The van der Waals surface area contributed by atoms with Gasteiger partial charge in [-0.3, -0.25) is 14.4 Å². The molecule has 0 aliphatic carbocycles. The third kappa shape index (κ3) is 6.48. The second-order valence-corrected chi connectivity index (χ2v) is 7.23. The fourth-order valence-electron chi connectivity index (χ4n) is 3.41. The van der Waals surface area contributed by atoms with Gasteiger partial charge in [0.15, 0.2) is 0 Å². The molecule has 1 aromatic carbocycles. The highest BCUT2D eigenvalue weighted by Gasteiger charge is 2.23. The third-order valence-corrected chi connectivity index (χ3v) is 5.10. The normalized spacial score (nSPS) is 14.4. The molecule has 1 aliphatic rings. The molecule has 0 radical (unpaired) electrons. The smallest absolute Gasteiger partial charge is 0.254 e. The topological polar surface area (TPSA) is 91.7 Å². The van der Waals surface area contributed by atoms with Crippen molar-refractivity contribution in [1.82, 2.24) is 15.5 Å². The van der Waals surface area contributed by atoms with Gasteiger partial charge in [-0.2, -0.15) is 0 Å². The molecule has 0 saturated carbocycles. The number of piperidine rings is 1. The van der Waals surface area contributed by atoms with E-state index in [1.165, 1.54) is 12.5 Å². The first-order valence-electron chi connectivity index (χ1n) is 10.0. The monoisotopic (exact) mass is 397 g/mol. The maximum Gasteiger partial charge on any atom is 0.254 e. The van der Waals surface area contributed by atoms with Gasteiger partial charge in [-0.15, -0.1) is 0 Å². The Labute approximate surface area is 170 Å². The van der Waals surface area contributed by atoms with E-state index in [0.29, 0.717) is 31.6 Å². The average Bonchev–Trinajstić information content (AvgIpc) is 3.28. The maximum absolute atomic E-state index is 12.3. The molecular formula is C22H27N3O4. The molecule has 7 nitrogen and oxygen atoms in total. The van der Waals surface area contributed by atoms with Crippen LogP contribution in [-0.2, 0) is 16.0 Å². The van der Waals surface area contributed by atoms with Crippen molar-refractivity contribution in [2.24, 2.45) is 0 Å². The Balaban J connectivity index is 1.30. The van der Waals surface area contributed by atoms with Gasteiger partial charge >= 0.3 is 0 Å². The van der Waals surface area contributed by atoms with E-state index in [1.54, 1.807) is 11.0 Å². The zero-order valence-corrected chi connectivity index (χ0v) is 16.4. The summed E-state index contributed by atoms with van der Waals surface area (Å²) in [5.41, 5.74) is 1.60. The van der Waals surface area contributed by atoms with Crippen LogP contribution in [0.25, 0.3) is 0 Å². The van der Waals surface area contributed by atoms with E-state index in [-0.39, 0.29) is 30.2 Å². The number of likely N-dealkylation sites (tertiary alicyclic amines) is 1. The van der Waals surface area contributed by atoms with E-state index in [9.17, 15) is 14.4 Å². The van der Waals surface area contributed by atoms with Crippen LogP contribution in [0.3, 0.4) is 0 Å². The Morgan fingerprint density at radius 1 is 1.03 bits per heavy atom. The molecule has 0 atom stereocenters. The van der Waals surface area contributed by atoms with Crippen molar-refractivity contribution in [3.8, 4) is 0 Å². The largest absolute Gasteiger partial charge is 0.472 e. The molecule has 29 heavy (non-hydrogen) atoms. The van der Waals surface area contributed by atoms with Crippen LogP contribution in [0.2, 0.25) is 0 Å². The van der Waals surface area contributed by atoms with Gasteiger partial charge in [0.1, 0.15) is 6.26 Å². The van der Waals surface area contributed by atoms with E-state index in [0.717, 1.165) is 24.8 Å². The fourth-order valence-corrected chi connectivity index (χ4v) is 3.41. The van der Waals surface area contributed by atoms with Gasteiger partial charge in [-0.1, -0.05) is 30.3 Å². The average molecular weight is 397 g/mol. The molecule has 3 amide bonds. The molecule has 0 spiro atoms. The first-order chi connectivity index (χ1) is 14.1. The summed E-state index contributed by atoms with van der Waals surface area (Å²) in [6, 6.07) is 11.7. The van der Waals surface area contributed by atoms with Gasteiger partial charge in [0.2, 0.25) is 11.8 Å². The van der Waals surface area contributed by atoms with Crippen molar-refractivity contribution in [2.75, 3.05) is 19.6 Å². The first-order valence-corrected chi connectivity index (χ1v) is 10.0. The minimum Gasteiger partial charge on any atom is -0.472 e. The van der Waals surface area contributed by atoms with Crippen molar-refractivity contribution in [3.63, 3.8) is 0 Å². The summed E-state index contributed by atoms with van der Waals surface area (Å²) < 4.78 is 4.87. The molecule has 0 unspecified atom stereocenters. The predicted molar refractivity (Wildman–Crippen MR) is 108 cm³/mol. The van der Waals surface area contributed by atoms with E-state index in [2.05, 4.69) is 10.6 Å². The number of furan rings is 1. The molecule has 154 valence electrons. The first kappa shape index (κ1) is 20.6. The number of hydrogen-bond donors (Lipinski definition) is 2. The lowest BCUT2D eigenvalue weighted by Gasteiger charge is -2.32. The summed E-state index contributed by atoms with van der Waals surface area (Å²) >= 11 is 0. The Morgan fingerprint density at radius 3 is 2.48 bits per heavy atom. The fraction of sp³-hybridized carbons (Fsp3) is 0.409. The molecule has 2 heterocycles. The number of rotatable bonds is 8. The molecule has 1 aliphatic heterocycles. The molecule has 2 N–H and O–H groups in total. The van der Waals surface area contributed by atoms with Gasteiger partial charge in [0.25, 0.3) is 5.91 Å². The number of amides is 3. The van der Waals surface area contributed by atoms with Gasteiger partial charge < -0.3 is 20.0 Å². The number of hydrogen-bond acceptors (Lipinski definition) is 4. The minimum absolute atomic E-state index is 0.0198. The Bertz CT molecular complexity index is 797. The summed E-state index contributed by atoms with van der Waals surface area (Å²) in [6.45, 7) is 1.54. The molecule has 1 saturated heterocycles. The second kappa shape index (κ2) is 10.5. The number of carbonyl (C=O) groups excluding carboxylic acids is 3. The highest BCUT2D eigenvalue weighted by molar-refractivity contribution is 5.94. The highest BCUT2D eigenvalue weighted by atomic mass is 16.3. The van der Waals surface area contributed by atoms with E-state index >= 15 is 0 Å². The molecule has 2 aromatic rings. The Kier molecular flexibility index (Phi) is 7.44. The van der Waals surface area contributed by atoms with Crippen molar-refractivity contribution < 1.29 is 18.8 Å². The van der Waals surface area contributed by atoms with E-state index in [4.69, 9.17) is 4.42 Å². The number of nitrogens with zero attached hydrogens (tertiary/aromatic N) is 1. The van der Waals surface area contributed by atoms with Crippen LogP contribution in [0.4, 0.5) is 0 Å².